The monoisotopic (exact) mass is 420 g/mol. The van der Waals surface area contributed by atoms with Crippen LogP contribution in [0.25, 0.3) is 0 Å². The molecule has 0 spiro atoms. The molecule has 4 unspecified atom stereocenters. The van der Waals surface area contributed by atoms with Gasteiger partial charge in [0.15, 0.2) is 0 Å². The molecular formula is C22H36N4O4. The number of amides is 2. The number of nitrogens with zero attached hydrogens (tertiary/aromatic N) is 3. The second kappa shape index (κ2) is 8.19. The highest BCUT2D eigenvalue weighted by molar-refractivity contribution is 5.72. The van der Waals surface area contributed by atoms with E-state index in [0.717, 1.165) is 57.7 Å². The number of fused-ring (bicyclic) bond motifs is 1. The zero-order valence-corrected chi connectivity index (χ0v) is 18.3. The summed E-state index contributed by atoms with van der Waals surface area (Å²) >= 11 is 0. The third-order valence-electron chi connectivity index (χ3n) is 8.10. The maximum Gasteiger partial charge on any atom is 0.410 e. The molecule has 0 bridgehead atoms. The van der Waals surface area contributed by atoms with Crippen molar-refractivity contribution in [1.29, 1.82) is 0 Å². The SMILES string of the molecule is COC(=O)N1C2CCC(C3CNN(C4CC4)C3)CC2N(C(=O)OC2CCC2)C[C@@H]1C. The van der Waals surface area contributed by atoms with Crippen LogP contribution in [0.2, 0.25) is 0 Å². The number of hydrogen-bond acceptors (Lipinski definition) is 6. The molecule has 30 heavy (non-hydrogen) atoms. The number of carbonyl (C=O) groups excluding carboxylic acids is 2. The van der Waals surface area contributed by atoms with Crippen LogP contribution >= 0.6 is 0 Å². The molecule has 2 amide bonds. The molecule has 8 heteroatoms. The Kier molecular flexibility index (Phi) is 5.56. The van der Waals surface area contributed by atoms with Crippen molar-refractivity contribution in [1.82, 2.24) is 20.2 Å². The molecule has 3 saturated carbocycles. The van der Waals surface area contributed by atoms with E-state index in [-0.39, 0.29) is 36.4 Å². The first-order valence-electron chi connectivity index (χ1n) is 11.9. The molecular weight excluding hydrogens is 384 g/mol. The van der Waals surface area contributed by atoms with Crippen LogP contribution in [0.15, 0.2) is 0 Å². The van der Waals surface area contributed by atoms with E-state index in [9.17, 15) is 9.59 Å². The lowest BCUT2D eigenvalue weighted by molar-refractivity contribution is -0.0530. The predicted octanol–water partition coefficient (Wildman–Crippen LogP) is 2.58. The molecule has 1 N–H and O–H groups in total. The minimum absolute atomic E-state index is 0.0142. The molecule has 0 radical (unpaired) electrons. The van der Waals surface area contributed by atoms with Gasteiger partial charge < -0.3 is 14.4 Å². The fourth-order valence-electron chi connectivity index (χ4n) is 6.01. The molecule has 5 fully saturated rings. The van der Waals surface area contributed by atoms with Crippen LogP contribution in [0.5, 0.6) is 0 Å². The first kappa shape index (κ1) is 20.4. The number of rotatable bonds is 3. The fourth-order valence-corrected chi connectivity index (χ4v) is 6.01. The van der Waals surface area contributed by atoms with Crippen molar-refractivity contribution >= 4 is 12.2 Å². The smallest absolute Gasteiger partial charge is 0.410 e. The van der Waals surface area contributed by atoms with Crippen molar-refractivity contribution in [3.63, 3.8) is 0 Å². The summed E-state index contributed by atoms with van der Waals surface area (Å²) in [7, 11) is 1.45. The second-order valence-corrected chi connectivity index (χ2v) is 10.0. The summed E-state index contributed by atoms with van der Waals surface area (Å²) in [5.41, 5.74) is 3.60. The van der Waals surface area contributed by atoms with Crippen molar-refractivity contribution in [2.24, 2.45) is 11.8 Å². The normalized spacial score (nSPS) is 37.5. The van der Waals surface area contributed by atoms with E-state index in [4.69, 9.17) is 9.47 Å². The lowest BCUT2D eigenvalue weighted by Gasteiger charge is -2.53. The van der Waals surface area contributed by atoms with Gasteiger partial charge in [-0.3, -0.25) is 10.3 Å². The Morgan fingerprint density at radius 3 is 2.40 bits per heavy atom. The Balaban J connectivity index is 1.31. The standard InChI is InChI=1S/C22H36N4O4/c1-14-12-24(21(27)30-18-4-3-5-18)20-10-15(6-9-19(20)26(14)22(28)29-2)16-11-23-25(13-16)17-7-8-17/h14-20,23H,3-13H2,1-2H3/t14-,15?,16?,19?,20?/m0/s1. The van der Waals surface area contributed by atoms with Crippen LogP contribution in [0.4, 0.5) is 9.59 Å². The summed E-state index contributed by atoms with van der Waals surface area (Å²) in [6, 6.07) is 0.690. The maximum absolute atomic E-state index is 13.1. The second-order valence-electron chi connectivity index (χ2n) is 10.0. The van der Waals surface area contributed by atoms with Gasteiger partial charge >= 0.3 is 12.2 Å². The van der Waals surface area contributed by atoms with Crippen molar-refractivity contribution in [2.45, 2.75) is 88.6 Å². The summed E-state index contributed by atoms with van der Waals surface area (Å²) in [4.78, 5) is 29.5. The minimum atomic E-state index is -0.273. The van der Waals surface area contributed by atoms with Gasteiger partial charge in [0, 0.05) is 25.7 Å². The quantitative estimate of drug-likeness (QED) is 0.757. The molecule has 0 aromatic heterocycles. The van der Waals surface area contributed by atoms with Crippen molar-refractivity contribution in [3.05, 3.63) is 0 Å². The number of hydrazine groups is 1. The van der Waals surface area contributed by atoms with Gasteiger partial charge in [-0.15, -0.1) is 0 Å². The summed E-state index contributed by atoms with van der Waals surface area (Å²) in [6.45, 7) is 4.67. The van der Waals surface area contributed by atoms with E-state index >= 15 is 0 Å². The molecule has 168 valence electrons. The molecule has 5 rings (SSSR count). The summed E-state index contributed by atoms with van der Waals surface area (Å²) in [6.07, 6.45) is 8.29. The van der Waals surface area contributed by atoms with Gasteiger partial charge in [0.1, 0.15) is 6.10 Å². The Morgan fingerprint density at radius 2 is 1.73 bits per heavy atom. The van der Waals surface area contributed by atoms with E-state index < -0.39 is 0 Å². The van der Waals surface area contributed by atoms with E-state index in [0.29, 0.717) is 18.4 Å². The van der Waals surface area contributed by atoms with E-state index in [1.54, 1.807) is 0 Å². The highest BCUT2D eigenvalue weighted by Crippen LogP contribution is 2.41. The van der Waals surface area contributed by atoms with Gasteiger partial charge in [-0.1, -0.05) is 0 Å². The number of piperazine rings is 1. The highest BCUT2D eigenvalue weighted by atomic mass is 16.6. The first-order valence-corrected chi connectivity index (χ1v) is 11.9. The molecule has 5 atom stereocenters. The molecule has 5 aliphatic rings. The van der Waals surface area contributed by atoms with E-state index in [1.807, 2.05) is 16.7 Å². The van der Waals surface area contributed by atoms with Crippen molar-refractivity contribution in [2.75, 3.05) is 26.7 Å². The van der Waals surface area contributed by atoms with Crippen LogP contribution in [-0.2, 0) is 9.47 Å². The van der Waals surface area contributed by atoms with Crippen LogP contribution in [0.1, 0.15) is 58.3 Å². The Labute approximate surface area is 179 Å². The van der Waals surface area contributed by atoms with Crippen LogP contribution in [0, 0.1) is 11.8 Å². The van der Waals surface area contributed by atoms with Gasteiger partial charge in [0.25, 0.3) is 0 Å². The Hall–Kier alpha value is -1.54. The first-order chi connectivity index (χ1) is 14.5. The molecule has 2 heterocycles. The molecule has 3 aliphatic carbocycles. The van der Waals surface area contributed by atoms with Crippen molar-refractivity contribution in [3.8, 4) is 0 Å². The van der Waals surface area contributed by atoms with E-state index in [2.05, 4.69) is 10.4 Å². The van der Waals surface area contributed by atoms with Crippen LogP contribution in [0.3, 0.4) is 0 Å². The Bertz CT molecular complexity index is 668. The van der Waals surface area contributed by atoms with Crippen LogP contribution in [-0.4, -0.2) is 84.0 Å². The highest BCUT2D eigenvalue weighted by Gasteiger charge is 2.50. The van der Waals surface area contributed by atoms with Gasteiger partial charge in [-0.25, -0.2) is 14.6 Å². The number of methoxy groups -OCH3 is 1. The average Bonchev–Trinajstić information content (AvgIpc) is 3.45. The van der Waals surface area contributed by atoms with Crippen molar-refractivity contribution < 1.29 is 19.1 Å². The lowest BCUT2D eigenvalue weighted by Crippen LogP contribution is -2.67. The molecule has 2 saturated heterocycles. The van der Waals surface area contributed by atoms with Gasteiger partial charge in [0.05, 0.1) is 25.2 Å². The lowest BCUT2D eigenvalue weighted by atomic mass is 9.73. The topological polar surface area (TPSA) is 74.4 Å². The third kappa shape index (κ3) is 3.77. The van der Waals surface area contributed by atoms with E-state index in [1.165, 1.54) is 20.0 Å². The number of nitrogens with one attached hydrogen (secondary N) is 1. The summed E-state index contributed by atoms with van der Waals surface area (Å²) in [5, 5.41) is 2.43. The zero-order chi connectivity index (χ0) is 20.8. The molecule has 8 nitrogen and oxygen atoms in total. The molecule has 0 aromatic carbocycles. The number of ether oxygens (including phenoxy) is 2. The van der Waals surface area contributed by atoms with Crippen LogP contribution < -0.4 is 5.43 Å². The van der Waals surface area contributed by atoms with Gasteiger partial charge in [-0.05, 0) is 70.1 Å². The number of carbonyl (C=O) groups is 2. The van der Waals surface area contributed by atoms with Gasteiger partial charge in [0.2, 0.25) is 0 Å². The number of hydrogen-bond donors (Lipinski definition) is 1. The minimum Gasteiger partial charge on any atom is -0.453 e. The average molecular weight is 421 g/mol. The van der Waals surface area contributed by atoms with Gasteiger partial charge in [-0.2, -0.15) is 0 Å². The molecule has 0 aromatic rings. The third-order valence-corrected chi connectivity index (χ3v) is 8.10. The largest absolute Gasteiger partial charge is 0.453 e. The summed E-state index contributed by atoms with van der Waals surface area (Å²) in [5.74, 6) is 1.18. The maximum atomic E-state index is 13.1. The zero-order valence-electron chi connectivity index (χ0n) is 18.3. The Morgan fingerprint density at radius 1 is 0.933 bits per heavy atom. The summed E-state index contributed by atoms with van der Waals surface area (Å²) < 4.78 is 10.9. The molecule has 2 aliphatic heterocycles. The predicted molar refractivity (Wildman–Crippen MR) is 111 cm³/mol. The fraction of sp³-hybridized carbons (Fsp3) is 0.909.